The van der Waals surface area contributed by atoms with Gasteiger partial charge >= 0.3 is 0 Å². The van der Waals surface area contributed by atoms with E-state index in [0.29, 0.717) is 17.3 Å². The fourth-order valence-corrected chi connectivity index (χ4v) is 2.23. The number of halogens is 2. The summed E-state index contributed by atoms with van der Waals surface area (Å²) in [7, 11) is 0. The molecule has 1 heterocycles. The summed E-state index contributed by atoms with van der Waals surface area (Å²) in [6.07, 6.45) is 1.59. The fraction of sp³-hybridized carbons (Fsp3) is 0.0769. The van der Waals surface area contributed by atoms with Crippen molar-refractivity contribution in [3.63, 3.8) is 0 Å². The Hall–Kier alpha value is -1.79. The molecule has 5 nitrogen and oxygen atoms in total. The lowest BCUT2D eigenvalue weighted by molar-refractivity contribution is 0.318. The van der Waals surface area contributed by atoms with Gasteiger partial charge in [0.2, 0.25) is 0 Å². The highest BCUT2D eigenvalue weighted by Crippen LogP contribution is 2.26. The minimum atomic E-state index is -0.0252. The molecule has 104 valence electrons. The van der Waals surface area contributed by atoms with Crippen molar-refractivity contribution in [2.45, 2.75) is 6.54 Å². The van der Waals surface area contributed by atoms with E-state index in [1.54, 1.807) is 18.3 Å². The van der Waals surface area contributed by atoms with Crippen molar-refractivity contribution in [1.29, 1.82) is 0 Å². The van der Waals surface area contributed by atoms with Crippen LogP contribution in [-0.2, 0) is 6.54 Å². The highest BCUT2D eigenvalue weighted by Gasteiger charge is 2.08. The van der Waals surface area contributed by atoms with Gasteiger partial charge in [-0.1, -0.05) is 38.8 Å². The minimum absolute atomic E-state index is 0.0252. The number of amidine groups is 1. The Kier molecular flexibility index (Phi) is 4.81. The van der Waals surface area contributed by atoms with Crippen molar-refractivity contribution in [3.05, 3.63) is 57.3 Å². The number of oxime groups is 1. The number of hydrogen-bond donors (Lipinski definition) is 3. The van der Waals surface area contributed by atoms with E-state index >= 15 is 0 Å². The highest BCUT2D eigenvalue weighted by atomic mass is 79.9. The van der Waals surface area contributed by atoms with Crippen LogP contribution in [0.1, 0.15) is 11.3 Å². The molecule has 0 bridgehead atoms. The Morgan fingerprint density at radius 3 is 3.00 bits per heavy atom. The summed E-state index contributed by atoms with van der Waals surface area (Å²) in [5.74, 6) is -0.0252. The molecular formula is C13H12BrClN4O. The van der Waals surface area contributed by atoms with E-state index in [-0.39, 0.29) is 5.84 Å². The van der Waals surface area contributed by atoms with Gasteiger partial charge in [-0.2, -0.15) is 0 Å². The van der Waals surface area contributed by atoms with Gasteiger partial charge in [0.05, 0.1) is 10.7 Å². The lowest BCUT2D eigenvalue weighted by Crippen LogP contribution is -2.18. The monoisotopic (exact) mass is 354 g/mol. The molecule has 0 saturated carbocycles. The largest absolute Gasteiger partial charge is 0.409 e. The normalized spacial score (nSPS) is 11.4. The summed E-state index contributed by atoms with van der Waals surface area (Å²) in [4.78, 5) is 4.10. The smallest absolute Gasteiger partial charge is 0.189 e. The average molecular weight is 356 g/mol. The molecule has 0 fully saturated rings. The molecule has 2 aromatic rings. The van der Waals surface area contributed by atoms with Crippen LogP contribution in [0, 0.1) is 0 Å². The number of anilines is 1. The quantitative estimate of drug-likeness (QED) is 0.340. The maximum atomic E-state index is 8.75. The van der Waals surface area contributed by atoms with Gasteiger partial charge in [0.15, 0.2) is 5.84 Å². The van der Waals surface area contributed by atoms with Gasteiger partial charge in [0.1, 0.15) is 5.69 Å². The van der Waals surface area contributed by atoms with Crippen molar-refractivity contribution in [2.24, 2.45) is 10.9 Å². The Bertz CT molecular complexity index is 648. The van der Waals surface area contributed by atoms with E-state index < -0.39 is 0 Å². The Labute approximate surface area is 129 Å². The zero-order chi connectivity index (χ0) is 14.5. The van der Waals surface area contributed by atoms with E-state index in [1.165, 1.54) is 0 Å². The maximum absolute atomic E-state index is 8.75. The lowest BCUT2D eigenvalue weighted by atomic mass is 10.1. The summed E-state index contributed by atoms with van der Waals surface area (Å²) in [5, 5.41) is 15.5. The third-order valence-electron chi connectivity index (χ3n) is 2.64. The molecule has 1 aromatic heterocycles. The van der Waals surface area contributed by atoms with E-state index in [2.05, 4.69) is 31.4 Å². The van der Waals surface area contributed by atoms with Crippen LogP contribution in [0.15, 0.2) is 46.2 Å². The van der Waals surface area contributed by atoms with Crippen LogP contribution in [-0.4, -0.2) is 16.0 Å². The molecule has 2 rings (SSSR count). The molecule has 0 aliphatic heterocycles. The Morgan fingerprint density at radius 2 is 2.25 bits per heavy atom. The van der Waals surface area contributed by atoms with Crippen molar-refractivity contribution >= 4 is 39.1 Å². The van der Waals surface area contributed by atoms with Crippen molar-refractivity contribution in [1.82, 2.24) is 4.98 Å². The molecule has 0 saturated heterocycles. The fourth-order valence-electron chi connectivity index (χ4n) is 1.68. The van der Waals surface area contributed by atoms with Crippen molar-refractivity contribution in [3.8, 4) is 0 Å². The zero-order valence-corrected chi connectivity index (χ0v) is 12.7. The molecule has 0 aliphatic carbocycles. The van der Waals surface area contributed by atoms with Crippen LogP contribution in [0.4, 0.5) is 5.69 Å². The number of rotatable bonds is 4. The molecule has 7 heteroatoms. The van der Waals surface area contributed by atoms with Gasteiger partial charge in [-0.25, -0.2) is 0 Å². The maximum Gasteiger partial charge on any atom is 0.189 e. The van der Waals surface area contributed by atoms with Crippen LogP contribution < -0.4 is 11.1 Å². The van der Waals surface area contributed by atoms with Gasteiger partial charge in [0.25, 0.3) is 0 Å². The molecule has 20 heavy (non-hydrogen) atoms. The van der Waals surface area contributed by atoms with Crippen LogP contribution in [0.25, 0.3) is 0 Å². The second-order valence-corrected chi connectivity index (χ2v) is 5.30. The first-order chi connectivity index (χ1) is 9.61. The summed E-state index contributed by atoms with van der Waals surface area (Å²) >= 11 is 9.49. The Morgan fingerprint density at radius 1 is 1.45 bits per heavy atom. The van der Waals surface area contributed by atoms with Crippen LogP contribution in [0.2, 0.25) is 5.02 Å². The molecule has 4 N–H and O–H groups in total. The number of nitrogens with two attached hydrogens (primary N) is 1. The summed E-state index contributed by atoms with van der Waals surface area (Å²) in [5.41, 5.74) is 7.62. The second kappa shape index (κ2) is 6.58. The Balaban J connectivity index is 2.21. The SMILES string of the molecule is NC(=NO)c1ncccc1CNc1cc(Br)ccc1Cl. The van der Waals surface area contributed by atoms with Crippen molar-refractivity contribution < 1.29 is 5.21 Å². The molecule has 1 aromatic carbocycles. The van der Waals surface area contributed by atoms with Crippen molar-refractivity contribution in [2.75, 3.05) is 5.32 Å². The predicted molar refractivity (Wildman–Crippen MR) is 83.2 cm³/mol. The lowest BCUT2D eigenvalue weighted by Gasteiger charge is -2.11. The molecule has 0 aliphatic rings. The van der Waals surface area contributed by atoms with Crippen LogP contribution in [0.5, 0.6) is 0 Å². The van der Waals surface area contributed by atoms with E-state index in [1.807, 2.05) is 18.2 Å². The standard InChI is InChI=1S/C13H12BrClN4O/c14-9-3-4-10(15)11(6-9)18-7-8-2-1-5-17-12(8)13(16)19-20/h1-6,18,20H,7H2,(H2,16,19). The topological polar surface area (TPSA) is 83.5 Å². The van der Waals surface area contributed by atoms with Crippen LogP contribution >= 0.6 is 27.5 Å². The highest BCUT2D eigenvalue weighted by molar-refractivity contribution is 9.10. The van der Waals surface area contributed by atoms with Gasteiger partial charge in [0, 0.05) is 22.8 Å². The zero-order valence-electron chi connectivity index (χ0n) is 10.3. The van der Waals surface area contributed by atoms with E-state index in [0.717, 1.165) is 15.7 Å². The van der Waals surface area contributed by atoms with Gasteiger partial charge in [-0.15, -0.1) is 0 Å². The van der Waals surface area contributed by atoms with E-state index in [9.17, 15) is 0 Å². The molecular weight excluding hydrogens is 344 g/mol. The third-order valence-corrected chi connectivity index (χ3v) is 3.46. The molecule has 0 spiro atoms. The molecule has 0 unspecified atom stereocenters. The number of benzene rings is 1. The minimum Gasteiger partial charge on any atom is -0.409 e. The third kappa shape index (κ3) is 3.40. The van der Waals surface area contributed by atoms with Gasteiger partial charge in [-0.3, -0.25) is 4.98 Å². The number of pyridine rings is 1. The first-order valence-corrected chi connectivity index (χ1v) is 6.89. The van der Waals surface area contributed by atoms with Gasteiger partial charge < -0.3 is 16.3 Å². The number of nitrogens with zero attached hydrogens (tertiary/aromatic N) is 2. The average Bonchev–Trinajstić information content (AvgIpc) is 2.47. The molecule has 0 amide bonds. The predicted octanol–water partition coefficient (Wildman–Crippen LogP) is 3.20. The first-order valence-electron chi connectivity index (χ1n) is 5.72. The number of aromatic nitrogens is 1. The number of hydrogen-bond acceptors (Lipinski definition) is 4. The number of nitrogens with one attached hydrogen (secondary N) is 1. The first kappa shape index (κ1) is 14.6. The summed E-state index contributed by atoms with van der Waals surface area (Å²) < 4.78 is 0.923. The van der Waals surface area contributed by atoms with Gasteiger partial charge in [-0.05, 0) is 24.3 Å². The van der Waals surface area contributed by atoms with E-state index in [4.69, 9.17) is 22.5 Å². The second-order valence-electron chi connectivity index (χ2n) is 3.97. The molecule has 0 atom stereocenters. The molecule has 0 radical (unpaired) electrons. The summed E-state index contributed by atoms with van der Waals surface area (Å²) in [6, 6.07) is 9.16. The van der Waals surface area contributed by atoms with Crippen LogP contribution in [0.3, 0.4) is 0 Å². The summed E-state index contributed by atoms with van der Waals surface area (Å²) in [6.45, 7) is 0.454.